The summed E-state index contributed by atoms with van der Waals surface area (Å²) in [6, 6.07) is 31.8. The van der Waals surface area contributed by atoms with E-state index in [0.29, 0.717) is 45.1 Å². The molecule has 6 N–H and O–H groups in total. The van der Waals surface area contributed by atoms with Crippen LogP contribution in [-0.4, -0.2) is 23.2 Å². The Bertz CT molecular complexity index is 1320. The van der Waals surface area contributed by atoms with Crippen LogP contribution in [0.15, 0.2) is 119 Å². The highest BCUT2D eigenvalue weighted by Crippen LogP contribution is 2.14. The van der Waals surface area contributed by atoms with Gasteiger partial charge in [-0.2, -0.15) is 10.2 Å². The zero-order chi connectivity index (χ0) is 25.3. The van der Waals surface area contributed by atoms with Crippen LogP contribution in [0.5, 0.6) is 0 Å². The third-order valence-corrected chi connectivity index (χ3v) is 5.27. The molecule has 0 aliphatic heterocycles. The Hall–Kier alpha value is -5.24. The van der Waals surface area contributed by atoms with Gasteiger partial charge in [0.2, 0.25) is 0 Å². The van der Waals surface area contributed by atoms with E-state index >= 15 is 0 Å². The number of hydrogen-bond acceptors (Lipinski definition) is 6. The smallest absolute Gasteiger partial charge is 0.273 e. The van der Waals surface area contributed by atoms with E-state index in [1.54, 1.807) is 48.5 Å². The van der Waals surface area contributed by atoms with Gasteiger partial charge in [0.15, 0.2) is 0 Å². The number of nitrogens with two attached hydrogens (primary N) is 2. The predicted molar refractivity (Wildman–Crippen MR) is 143 cm³/mol. The highest BCUT2D eigenvalue weighted by molar-refractivity contribution is 6.53. The Balaban J connectivity index is 1.76. The Labute approximate surface area is 208 Å². The Morgan fingerprint density at radius 3 is 1.19 bits per heavy atom. The third-order valence-electron chi connectivity index (χ3n) is 5.27. The van der Waals surface area contributed by atoms with Crippen LogP contribution >= 0.6 is 0 Å². The number of carbonyl (C=O) groups excluding carboxylic acids is 2. The van der Waals surface area contributed by atoms with Gasteiger partial charge < -0.3 is 11.5 Å². The van der Waals surface area contributed by atoms with Crippen molar-refractivity contribution in [1.82, 2.24) is 10.9 Å². The van der Waals surface area contributed by atoms with Gasteiger partial charge >= 0.3 is 0 Å². The van der Waals surface area contributed by atoms with Gasteiger partial charge in [-0.1, -0.05) is 84.9 Å². The topological polar surface area (TPSA) is 135 Å². The fourth-order valence-corrected chi connectivity index (χ4v) is 3.44. The summed E-state index contributed by atoms with van der Waals surface area (Å²) in [5.74, 6) is -0.954. The van der Waals surface area contributed by atoms with Gasteiger partial charge in [0.1, 0.15) is 11.4 Å². The Kier molecular flexibility index (Phi) is 7.47. The average molecular weight is 477 g/mol. The number of rotatable bonds is 7. The van der Waals surface area contributed by atoms with E-state index < -0.39 is 11.8 Å². The lowest BCUT2D eigenvalue weighted by Gasteiger charge is -2.12. The van der Waals surface area contributed by atoms with E-state index in [2.05, 4.69) is 21.1 Å². The SMILES string of the molecule is Nc1ccccc1C(=O)N/N=C(/C(=N/NC(=O)c1ccccc1N)c1ccccc1)c1ccccc1. The number of hydrogen-bond donors (Lipinski definition) is 4. The van der Waals surface area contributed by atoms with Crippen molar-refractivity contribution < 1.29 is 9.59 Å². The molecule has 8 heteroatoms. The minimum absolute atomic E-state index is 0.291. The molecule has 0 unspecified atom stereocenters. The molecule has 0 aromatic heterocycles. The van der Waals surface area contributed by atoms with Crippen molar-refractivity contribution in [1.29, 1.82) is 0 Å². The van der Waals surface area contributed by atoms with Gasteiger partial charge in [-0.15, -0.1) is 0 Å². The molecule has 0 aliphatic carbocycles. The lowest BCUT2D eigenvalue weighted by Crippen LogP contribution is -2.28. The predicted octanol–water partition coefficient (Wildman–Crippen LogP) is 3.82. The van der Waals surface area contributed by atoms with Crippen LogP contribution in [0.2, 0.25) is 0 Å². The number of amides is 2. The molecule has 0 heterocycles. The van der Waals surface area contributed by atoms with Crippen LogP contribution in [0.1, 0.15) is 31.8 Å². The summed E-state index contributed by atoms with van der Waals surface area (Å²) >= 11 is 0. The van der Waals surface area contributed by atoms with E-state index in [1.807, 2.05) is 60.7 Å². The first-order chi connectivity index (χ1) is 17.5. The van der Waals surface area contributed by atoms with Gasteiger partial charge in [-0.25, -0.2) is 10.9 Å². The number of para-hydroxylation sites is 2. The number of hydrazone groups is 2. The van der Waals surface area contributed by atoms with Crippen LogP contribution < -0.4 is 22.3 Å². The summed E-state index contributed by atoms with van der Waals surface area (Å²) in [6.07, 6.45) is 0. The van der Waals surface area contributed by atoms with Crippen LogP contribution in [0, 0.1) is 0 Å². The molecule has 4 rings (SSSR count). The Morgan fingerprint density at radius 2 is 0.833 bits per heavy atom. The average Bonchev–Trinajstić information content (AvgIpc) is 2.91. The molecule has 4 aromatic carbocycles. The molecule has 0 saturated carbocycles. The van der Waals surface area contributed by atoms with Gasteiger partial charge in [-0.3, -0.25) is 9.59 Å². The Morgan fingerprint density at radius 1 is 0.500 bits per heavy atom. The minimum atomic E-state index is -0.477. The monoisotopic (exact) mass is 476 g/mol. The van der Waals surface area contributed by atoms with Crippen molar-refractivity contribution in [2.24, 2.45) is 10.2 Å². The van der Waals surface area contributed by atoms with Crippen molar-refractivity contribution in [3.05, 3.63) is 131 Å². The van der Waals surface area contributed by atoms with Gasteiger partial charge in [-0.05, 0) is 24.3 Å². The summed E-state index contributed by atoms with van der Waals surface area (Å²) in [5, 5.41) is 8.82. The number of carbonyl (C=O) groups is 2. The van der Waals surface area contributed by atoms with Crippen LogP contribution in [0.4, 0.5) is 11.4 Å². The standard InChI is InChI=1S/C28H24N6O2/c29-23-17-9-7-15-21(23)27(35)33-31-25(19-11-3-1-4-12-19)26(20-13-5-2-6-14-20)32-34-28(36)22-16-8-10-18-24(22)30/h1-18H,29-30H2,(H,33,35)(H,34,36)/b31-25+,32-26+. The number of benzene rings is 4. The van der Waals surface area contributed by atoms with Crippen LogP contribution in [0.25, 0.3) is 0 Å². The summed E-state index contributed by atoms with van der Waals surface area (Å²) in [7, 11) is 0. The summed E-state index contributed by atoms with van der Waals surface area (Å²) in [4.78, 5) is 25.7. The largest absolute Gasteiger partial charge is 0.398 e. The second-order valence-corrected chi connectivity index (χ2v) is 7.71. The number of nitrogen functional groups attached to an aromatic ring is 2. The molecule has 0 bridgehead atoms. The second kappa shape index (κ2) is 11.3. The molecule has 0 spiro atoms. The maximum absolute atomic E-state index is 12.8. The molecule has 4 aromatic rings. The van der Waals surface area contributed by atoms with Crippen LogP contribution in [0.3, 0.4) is 0 Å². The number of anilines is 2. The van der Waals surface area contributed by atoms with Gasteiger partial charge in [0.05, 0.1) is 11.1 Å². The van der Waals surface area contributed by atoms with E-state index in [9.17, 15) is 9.59 Å². The summed E-state index contributed by atoms with van der Waals surface area (Å²) < 4.78 is 0. The highest BCUT2D eigenvalue weighted by Gasteiger charge is 2.18. The fraction of sp³-hybridized carbons (Fsp3) is 0. The number of nitrogens with zero attached hydrogens (tertiary/aromatic N) is 2. The van der Waals surface area contributed by atoms with Crippen LogP contribution in [-0.2, 0) is 0 Å². The third kappa shape index (κ3) is 5.63. The molecular weight excluding hydrogens is 452 g/mol. The van der Waals surface area contributed by atoms with E-state index in [1.165, 1.54) is 0 Å². The molecule has 0 aliphatic rings. The van der Waals surface area contributed by atoms with Gasteiger partial charge in [0, 0.05) is 22.5 Å². The molecule has 0 atom stereocenters. The number of nitrogens with one attached hydrogen (secondary N) is 2. The zero-order valence-electron chi connectivity index (χ0n) is 19.3. The van der Waals surface area contributed by atoms with Crippen molar-refractivity contribution >= 4 is 34.6 Å². The first kappa shape index (κ1) is 23.9. The second-order valence-electron chi connectivity index (χ2n) is 7.71. The minimum Gasteiger partial charge on any atom is -0.398 e. The molecule has 0 radical (unpaired) electrons. The van der Waals surface area contributed by atoms with Crippen molar-refractivity contribution in [2.75, 3.05) is 11.5 Å². The quantitative estimate of drug-likeness (QED) is 0.183. The molecule has 0 fully saturated rings. The van der Waals surface area contributed by atoms with Crippen molar-refractivity contribution in [3.8, 4) is 0 Å². The van der Waals surface area contributed by atoms with Crippen molar-refractivity contribution in [3.63, 3.8) is 0 Å². The maximum Gasteiger partial charge on any atom is 0.273 e. The summed E-state index contributed by atoms with van der Waals surface area (Å²) in [5.41, 5.74) is 20.3. The highest BCUT2D eigenvalue weighted by atomic mass is 16.2. The lowest BCUT2D eigenvalue weighted by atomic mass is 10.00. The molecule has 0 saturated heterocycles. The first-order valence-corrected chi connectivity index (χ1v) is 11.1. The molecule has 2 amide bonds. The van der Waals surface area contributed by atoms with Gasteiger partial charge in [0.25, 0.3) is 11.8 Å². The molecule has 8 nitrogen and oxygen atoms in total. The fourth-order valence-electron chi connectivity index (χ4n) is 3.44. The maximum atomic E-state index is 12.8. The van der Waals surface area contributed by atoms with E-state index in [-0.39, 0.29) is 0 Å². The zero-order valence-corrected chi connectivity index (χ0v) is 19.3. The molecular formula is C28H24N6O2. The first-order valence-electron chi connectivity index (χ1n) is 11.1. The molecule has 178 valence electrons. The van der Waals surface area contributed by atoms with Crippen molar-refractivity contribution in [2.45, 2.75) is 0 Å². The van der Waals surface area contributed by atoms with E-state index in [4.69, 9.17) is 11.5 Å². The normalized spacial score (nSPS) is 11.6. The molecule has 36 heavy (non-hydrogen) atoms. The summed E-state index contributed by atoms with van der Waals surface area (Å²) in [6.45, 7) is 0. The van der Waals surface area contributed by atoms with E-state index in [0.717, 1.165) is 0 Å². The lowest BCUT2D eigenvalue weighted by molar-refractivity contribution is 0.0947.